The van der Waals surface area contributed by atoms with Gasteiger partial charge in [0.25, 0.3) is 0 Å². The van der Waals surface area contributed by atoms with E-state index in [0.29, 0.717) is 22.1 Å². The van der Waals surface area contributed by atoms with Gasteiger partial charge in [-0.15, -0.1) is 23.1 Å². The number of hydrogen-bond acceptors (Lipinski definition) is 5. The average Bonchev–Trinajstić information content (AvgIpc) is 3.14. The van der Waals surface area contributed by atoms with E-state index in [0.717, 1.165) is 39.6 Å². The number of ether oxygens (including phenoxy) is 1. The lowest BCUT2D eigenvalue weighted by Crippen LogP contribution is -2.09. The molecule has 0 radical (unpaired) electrons. The van der Waals surface area contributed by atoms with E-state index in [1.54, 1.807) is 17.8 Å². The monoisotopic (exact) mass is 467 g/mol. The summed E-state index contributed by atoms with van der Waals surface area (Å²) in [5.74, 6) is 0.179. The van der Waals surface area contributed by atoms with E-state index in [1.807, 2.05) is 26.0 Å². The third-order valence-corrected chi connectivity index (χ3v) is 6.79. The molecule has 0 atom stereocenters. The lowest BCUT2D eigenvalue weighted by atomic mass is 10.1. The van der Waals surface area contributed by atoms with Gasteiger partial charge in [0.2, 0.25) is 0 Å². The third-order valence-electron chi connectivity index (χ3n) is 4.44. The van der Waals surface area contributed by atoms with Gasteiger partial charge in [0, 0.05) is 21.1 Å². The number of carbonyl (C=O) groups is 1. The largest absolute Gasteiger partial charge is 0.482 e. The molecule has 1 N–H and O–H groups in total. The maximum atomic E-state index is 12.8. The van der Waals surface area contributed by atoms with Crippen molar-refractivity contribution in [1.29, 1.82) is 0 Å². The maximum Gasteiger partial charge on any atom is 0.416 e. The van der Waals surface area contributed by atoms with E-state index in [9.17, 15) is 18.0 Å². The van der Waals surface area contributed by atoms with Gasteiger partial charge in [0.1, 0.15) is 10.8 Å². The molecule has 0 aliphatic heterocycles. The number of nitrogens with zero attached hydrogens (tertiary/aromatic N) is 1. The van der Waals surface area contributed by atoms with Gasteiger partial charge < -0.3 is 9.84 Å². The molecule has 1 heterocycles. The molecule has 4 nitrogen and oxygen atoms in total. The number of hydrogen-bond donors (Lipinski definition) is 1. The number of rotatable bonds is 8. The lowest BCUT2D eigenvalue weighted by Gasteiger charge is -2.09. The van der Waals surface area contributed by atoms with Crippen LogP contribution in [-0.4, -0.2) is 22.7 Å². The highest BCUT2D eigenvalue weighted by Gasteiger charge is 2.30. The van der Waals surface area contributed by atoms with Gasteiger partial charge in [-0.3, -0.25) is 0 Å². The predicted octanol–water partition coefficient (Wildman–Crippen LogP) is 6.46. The Hall–Kier alpha value is -2.52. The minimum atomic E-state index is -4.36. The Bertz CT molecular complexity index is 1060. The second-order valence-corrected chi connectivity index (χ2v) is 8.85. The van der Waals surface area contributed by atoms with Gasteiger partial charge in [0.15, 0.2) is 6.61 Å². The van der Waals surface area contributed by atoms with E-state index in [4.69, 9.17) is 9.84 Å². The Balaban J connectivity index is 1.72. The lowest BCUT2D eigenvalue weighted by molar-refractivity contribution is -0.139. The molecule has 0 bridgehead atoms. The Morgan fingerprint density at radius 3 is 2.48 bits per heavy atom. The number of carboxylic acid groups (broad SMARTS) is 1. The van der Waals surface area contributed by atoms with E-state index in [2.05, 4.69) is 4.98 Å². The molecule has 9 heteroatoms. The number of alkyl halides is 3. The summed E-state index contributed by atoms with van der Waals surface area (Å²) in [6.45, 7) is 3.47. The molecular formula is C22H20F3NO3S2. The number of aliphatic carboxylic acids is 1. The van der Waals surface area contributed by atoms with E-state index in [1.165, 1.54) is 23.5 Å². The Morgan fingerprint density at radius 2 is 1.90 bits per heavy atom. The van der Waals surface area contributed by atoms with Crippen LogP contribution in [0.4, 0.5) is 13.2 Å². The first-order valence-electron chi connectivity index (χ1n) is 9.41. The fourth-order valence-corrected chi connectivity index (χ4v) is 5.11. The summed E-state index contributed by atoms with van der Waals surface area (Å²) in [5, 5.41) is 9.43. The topological polar surface area (TPSA) is 59.4 Å². The van der Waals surface area contributed by atoms with Crippen molar-refractivity contribution in [3.63, 3.8) is 0 Å². The van der Waals surface area contributed by atoms with Gasteiger partial charge in [-0.05, 0) is 49.2 Å². The number of carboxylic acids is 1. The van der Waals surface area contributed by atoms with Crippen LogP contribution in [0.15, 0.2) is 47.4 Å². The Kier molecular flexibility index (Phi) is 7.27. The normalized spacial score (nSPS) is 11.5. The standard InChI is InChI=1S/C22H20F3NO3S2/c1-3-17-19(12-30-16-8-9-18(13(2)10-16)29-11-20(27)28)31-21(26-17)14-4-6-15(7-5-14)22(23,24)25/h4-10H,3,11-12H2,1-2H3,(H,27,28). The average molecular weight is 468 g/mol. The van der Waals surface area contributed by atoms with Gasteiger partial charge in [0.05, 0.1) is 11.3 Å². The molecule has 0 amide bonds. The second kappa shape index (κ2) is 9.74. The van der Waals surface area contributed by atoms with Crippen molar-refractivity contribution >= 4 is 29.1 Å². The molecule has 164 valence electrons. The summed E-state index contributed by atoms with van der Waals surface area (Å²) in [6.07, 6.45) is -3.63. The highest BCUT2D eigenvalue weighted by atomic mass is 32.2. The van der Waals surface area contributed by atoms with Crippen LogP contribution in [0.2, 0.25) is 0 Å². The third kappa shape index (κ3) is 6.01. The molecule has 3 rings (SSSR count). The van der Waals surface area contributed by atoms with Crippen molar-refractivity contribution in [2.45, 2.75) is 37.1 Å². The number of thiazole rings is 1. The molecule has 0 saturated carbocycles. The fourth-order valence-electron chi connectivity index (χ4n) is 2.86. The van der Waals surface area contributed by atoms with Crippen LogP contribution in [0.25, 0.3) is 10.6 Å². The van der Waals surface area contributed by atoms with Crippen molar-refractivity contribution in [3.05, 3.63) is 64.2 Å². The molecule has 0 saturated heterocycles. The number of benzene rings is 2. The summed E-state index contributed by atoms with van der Waals surface area (Å²) in [5.41, 5.74) is 1.77. The molecule has 1 aromatic heterocycles. The van der Waals surface area contributed by atoms with E-state index >= 15 is 0 Å². The van der Waals surface area contributed by atoms with Crippen LogP contribution in [0.3, 0.4) is 0 Å². The molecular weight excluding hydrogens is 447 g/mol. The highest BCUT2D eigenvalue weighted by molar-refractivity contribution is 7.98. The first kappa shape index (κ1) is 23.1. The van der Waals surface area contributed by atoms with Gasteiger partial charge >= 0.3 is 12.1 Å². The van der Waals surface area contributed by atoms with Crippen LogP contribution >= 0.6 is 23.1 Å². The number of aryl methyl sites for hydroxylation is 2. The summed E-state index contributed by atoms with van der Waals surface area (Å²) < 4.78 is 43.6. The minimum Gasteiger partial charge on any atom is -0.482 e. The van der Waals surface area contributed by atoms with Gasteiger partial charge in [-0.25, -0.2) is 9.78 Å². The van der Waals surface area contributed by atoms with Crippen LogP contribution < -0.4 is 4.74 Å². The molecule has 0 spiro atoms. The Morgan fingerprint density at radius 1 is 1.19 bits per heavy atom. The molecule has 31 heavy (non-hydrogen) atoms. The van der Waals surface area contributed by atoms with Crippen LogP contribution in [0.1, 0.15) is 28.6 Å². The number of halogens is 3. The van der Waals surface area contributed by atoms with Crippen molar-refractivity contribution in [2.75, 3.05) is 6.61 Å². The fraction of sp³-hybridized carbons (Fsp3) is 0.273. The maximum absolute atomic E-state index is 12.8. The summed E-state index contributed by atoms with van der Waals surface area (Å²) >= 11 is 3.10. The zero-order valence-corrected chi connectivity index (χ0v) is 18.5. The Labute approximate surface area is 186 Å². The molecule has 0 fully saturated rings. The zero-order chi connectivity index (χ0) is 22.6. The smallest absolute Gasteiger partial charge is 0.416 e. The second-order valence-electron chi connectivity index (χ2n) is 6.72. The first-order valence-corrected chi connectivity index (χ1v) is 11.2. The van der Waals surface area contributed by atoms with Crippen molar-refractivity contribution in [1.82, 2.24) is 4.98 Å². The van der Waals surface area contributed by atoms with E-state index in [-0.39, 0.29) is 6.61 Å². The summed E-state index contributed by atoms with van der Waals surface area (Å²) in [4.78, 5) is 17.4. The molecule has 2 aromatic carbocycles. The first-order chi connectivity index (χ1) is 14.7. The predicted molar refractivity (Wildman–Crippen MR) is 116 cm³/mol. The highest BCUT2D eigenvalue weighted by Crippen LogP contribution is 2.36. The van der Waals surface area contributed by atoms with Crippen LogP contribution in [-0.2, 0) is 23.1 Å². The number of aromatic nitrogens is 1. The van der Waals surface area contributed by atoms with E-state index < -0.39 is 17.7 Å². The number of thioether (sulfide) groups is 1. The summed E-state index contributed by atoms with van der Waals surface area (Å²) in [7, 11) is 0. The molecule has 3 aromatic rings. The molecule has 0 unspecified atom stereocenters. The van der Waals surface area contributed by atoms with Crippen molar-refractivity contribution in [2.24, 2.45) is 0 Å². The van der Waals surface area contributed by atoms with Gasteiger partial charge in [-0.2, -0.15) is 13.2 Å². The molecule has 0 aliphatic carbocycles. The molecule has 0 aliphatic rings. The minimum absolute atomic E-state index is 0.388. The van der Waals surface area contributed by atoms with Crippen LogP contribution in [0.5, 0.6) is 5.75 Å². The van der Waals surface area contributed by atoms with Crippen LogP contribution in [0, 0.1) is 6.92 Å². The summed E-state index contributed by atoms with van der Waals surface area (Å²) in [6, 6.07) is 10.6. The van der Waals surface area contributed by atoms with Gasteiger partial charge in [-0.1, -0.05) is 19.1 Å². The van der Waals surface area contributed by atoms with Crippen molar-refractivity contribution < 1.29 is 27.8 Å². The zero-order valence-electron chi connectivity index (χ0n) is 16.8. The SMILES string of the molecule is CCc1nc(-c2ccc(C(F)(F)F)cc2)sc1CSc1ccc(OCC(=O)O)c(C)c1. The van der Waals surface area contributed by atoms with Crippen molar-refractivity contribution in [3.8, 4) is 16.3 Å². The quantitative estimate of drug-likeness (QED) is 0.386.